The van der Waals surface area contributed by atoms with Gasteiger partial charge in [0.15, 0.2) is 23.1 Å². The molecule has 14 rings (SSSR count). The average Bonchev–Trinajstić information content (AvgIpc) is 2.51. The summed E-state index contributed by atoms with van der Waals surface area (Å²) in [6.45, 7) is 6.03. The van der Waals surface area contributed by atoms with Gasteiger partial charge in [-0.3, -0.25) is 19.2 Å². The third-order valence-electron chi connectivity index (χ3n) is 17.4. The highest BCUT2D eigenvalue weighted by Gasteiger charge is 2.29. The molecular formula is C75H79Cl2N7O4. The van der Waals surface area contributed by atoms with Gasteiger partial charge >= 0.3 is 0 Å². The first kappa shape index (κ1) is 61.7. The second-order valence-corrected chi connectivity index (χ2v) is 24.9. The van der Waals surface area contributed by atoms with Crippen LogP contribution in [0.3, 0.4) is 0 Å². The Kier molecular flexibility index (Phi) is 19.4. The van der Waals surface area contributed by atoms with E-state index in [0.717, 1.165) is 97.9 Å². The van der Waals surface area contributed by atoms with Gasteiger partial charge in [-0.05, 0) is 190 Å². The summed E-state index contributed by atoms with van der Waals surface area (Å²) in [4.78, 5) is 59.4. The van der Waals surface area contributed by atoms with E-state index < -0.39 is 0 Å². The number of nitrogens with one attached hydrogen (secondary N) is 1. The molecule has 0 spiro atoms. The molecule has 2 aliphatic carbocycles. The van der Waals surface area contributed by atoms with E-state index in [4.69, 9.17) is 23.2 Å². The van der Waals surface area contributed by atoms with Gasteiger partial charge in [-0.15, -0.1) is 23.2 Å². The molecule has 0 saturated heterocycles. The summed E-state index contributed by atoms with van der Waals surface area (Å²) in [5.41, 5.74) is 15.2. The molecule has 0 fully saturated rings. The van der Waals surface area contributed by atoms with Crippen molar-refractivity contribution in [2.45, 2.75) is 77.4 Å². The van der Waals surface area contributed by atoms with Crippen LogP contribution in [0.4, 0.5) is 0 Å². The van der Waals surface area contributed by atoms with Gasteiger partial charge in [-0.1, -0.05) is 72.8 Å². The van der Waals surface area contributed by atoms with Crippen LogP contribution < -0.4 is 0 Å². The fourth-order valence-corrected chi connectivity index (χ4v) is 13.6. The van der Waals surface area contributed by atoms with E-state index in [1.807, 2.05) is 48.5 Å². The zero-order valence-electron chi connectivity index (χ0n) is 51.6. The van der Waals surface area contributed by atoms with Gasteiger partial charge in [0, 0.05) is 167 Å². The maximum absolute atomic E-state index is 12.4. The molecule has 452 valence electrons. The van der Waals surface area contributed by atoms with Crippen molar-refractivity contribution in [3.63, 3.8) is 0 Å². The number of H-pyrrole nitrogens is 1. The first-order valence-electron chi connectivity index (χ1n) is 31.0. The first-order chi connectivity index (χ1) is 42.7. The normalized spacial score (nSPS) is 12.9. The van der Waals surface area contributed by atoms with Crippen molar-refractivity contribution in [3.8, 4) is 0 Å². The van der Waals surface area contributed by atoms with Crippen molar-refractivity contribution >= 4 is 134 Å². The van der Waals surface area contributed by atoms with Crippen molar-refractivity contribution in [1.82, 2.24) is 33.4 Å². The fourth-order valence-electron chi connectivity index (χ4n) is 13.3. The molecule has 0 bridgehead atoms. The van der Waals surface area contributed by atoms with Crippen LogP contribution in [0.5, 0.6) is 0 Å². The first-order valence-corrected chi connectivity index (χ1v) is 32.1. The molecule has 4 aromatic heterocycles. The predicted octanol–water partition coefficient (Wildman–Crippen LogP) is 16.4. The smallest absolute Gasteiger partial charge is 0.164 e. The minimum absolute atomic E-state index is 0.0322. The van der Waals surface area contributed by atoms with E-state index >= 15 is 0 Å². The number of aromatic amines is 1. The lowest BCUT2D eigenvalue weighted by atomic mass is 9.98. The second kappa shape index (κ2) is 27.6. The fraction of sp³-hybridized carbons (Fsp3) is 0.307. The van der Waals surface area contributed by atoms with Crippen molar-refractivity contribution in [3.05, 3.63) is 191 Å². The molecule has 0 radical (unpaired) electrons. The Balaban J connectivity index is 0.000000126. The summed E-state index contributed by atoms with van der Waals surface area (Å²) < 4.78 is 7.13. The lowest BCUT2D eigenvalue weighted by molar-refractivity contribution is 0.0981. The molecule has 0 saturated carbocycles. The van der Waals surface area contributed by atoms with Crippen LogP contribution in [0.15, 0.2) is 158 Å². The zero-order valence-corrected chi connectivity index (χ0v) is 53.1. The number of carbonyl (C=O) groups is 4. The highest BCUT2D eigenvalue weighted by Crippen LogP contribution is 2.42. The second-order valence-electron chi connectivity index (χ2n) is 24.2. The van der Waals surface area contributed by atoms with Crippen LogP contribution in [0.2, 0.25) is 0 Å². The largest absolute Gasteiger partial charge is 0.355 e. The van der Waals surface area contributed by atoms with E-state index in [0.29, 0.717) is 48.6 Å². The molecule has 2 aliphatic rings. The van der Waals surface area contributed by atoms with Crippen LogP contribution in [-0.2, 0) is 32.5 Å². The molecule has 0 atom stereocenters. The molecule has 0 unspecified atom stereocenters. The van der Waals surface area contributed by atoms with Crippen molar-refractivity contribution in [1.29, 1.82) is 0 Å². The maximum atomic E-state index is 12.4. The van der Waals surface area contributed by atoms with Gasteiger partial charge in [0.2, 0.25) is 0 Å². The highest BCUT2D eigenvalue weighted by molar-refractivity contribution is 6.21. The average molecular weight is 1210 g/mol. The van der Waals surface area contributed by atoms with Gasteiger partial charge in [0.05, 0.1) is 0 Å². The monoisotopic (exact) mass is 1210 g/mol. The Hall–Kier alpha value is -7.90. The van der Waals surface area contributed by atoms with E-state index in [2.05, 4.69) is 185 Å². The Labute approximate surface area is 525 Å². The standard InChI is InChI=1S/C23H26Cl2N2O2.C23H24N2O2.C17H20N2.C12H9N/c1-26(2)12-3-13-27-20-6-4-16(22(28)8-10-24)14-18(20)19-15-17(5-7-21(19)27)23(29)9-11-25;1-24(2)12-3-13-25-18-8-4-14-16(6-10-20(14)26)22(18)23-17-7-11-21(27)15(17)5-9-19(23)25;1-18(2)12-7-13-19-16-10-5-3-8-14(16)15-9-4-6-11-17(15)19;1-3-7-11-9(5-1)10-6-2-4-8-12(10)13-11/h4-7,14-15H,3,8-13H2,1-2H3;4-5,8-9H,3,6-7,10-13H2,1-2H3;3-6,8-11H,7,12-13H2,1-2H3;1-8,13H. The third kappa shape index (κ3) is 12.8. The van der Waals surface area contributed by atoms with Crippen molar-refractivity contribution in [2.24, 2.45) is 0 Å². The Bertz CT molecular complexity index is 4300. The van der Waals surface area contributed by atoms with Gasteiger partial charge in [-0.25, -0.2) is 0 Å². The molecule has 4 heterocycles. The molecule has 0 amide bonds. The molecule has 13 heteroatoms. The number of aryl methyl sites for hydroxylation is 5. The number of hydrogen-bond donors (Lipinski definition) is 1. The number of Topliss-reactive ketones (excluding diaryl/α,β-unsaturated/α-hetero) is 4. The zero-order chi connectivity index (χ0) is 61.6. The number of ketones is 4. The van der Waals surface area contributed by atoms with Crippen molar-refractivity contribution < 1.29 is 19.2 Å². The minimum atomic E-state index is 0.0322. The predicted molar refractivity (Wildman–Crippen MR) is 368 cm³/mol. The minimum Gasteiger partial charge on any atom is -0.355 e. The number of carbonyl (C=O) groups excluding carboxylic acids is 4. The number of aromatic nitrogens is 4. The lowest BCUT2D eigenvalue weighted by Gasteiger charge is -2.12. The topological polar surface area (TPSA) is 109 Å². The molecule has 1 N–H and O–H groups in total. The SMILES string of the molecule is CN(C)CCCn1c2ccc(C(=O)CCCl)cc2c2cc(C(=O)CCCl)ccc21.CN(C)CCCn1c2ccc3c(c2c2c4c(ccc21)C(=O)CC4)CCC3=O.CN(C)CCCn1c2ccccc2c2ccccc21.c1ccc2c(c1)[nH]c1ccccc12. The van der Waals surface area contributed by atoms with Gasteiger partial charge < -0.3 is 33.4 Å². The summed E-state index contributed by atoms with van der Waals surface area (Å²) in [5.74, 6) is 1.18. The number of nitrogens with zero attached hydrogens (tertiary/aromatic N) is 6. The molecule has 11 nitrogen and oxygen atoms in total. The number of rotatable bonds is 18. The van der Waals surface area contributed by atoms with Crippen LogP contribution in [0, 0.1) is 0 Å². The number of alkyl halides is 2. The highest BCUT2D eigenvalue weighted by atomic mass is 35.5. The number of halogens is 2. The number of para-hydroxylation sites is 4. The van der Waals surface area contributed by atoms with Gasteiger partial charge in [0.1, 0.15) is 0 Å². The number of hydrogen-bond acceptors (Lipinski definition) is 7. The Morgan fingerprint density at radius 1 is 0.409 bits per heavy atom. The van der Waals surface area contributed by atoms with Gasteiger partial charge in [0.25, 0.3) is 0 Å². The van der Waals surface area contributed by atoms with Crippen LogP contribution >= 0.6 is 23.2 Å². The van der Waals surface area contributed by atoms with Crippen LogP contribution in [0.25, 0.3) is 87.2 Å². The Morgan fingerprint density at radius 2 is 0.750 bits per heavy atom. The van der Waals surface area contributed by atoms with Crippen molar-refractivity contribution in [2.75, 3.05) is 73.7 Å². The Morgan fingerprint density at radius 3 is 1.14 bits per heavy atom. The van der Waals surface area contributed by atoms with Crippen LogP contribution in [-0.4, -0.2) is 130 Å². The van der Waals surface area contributed by atoms with E-state index in [1.165, 1.54) is 83.0 Å². The van der Waals surface area contributed by atoms with E-state index in [1.54, 1.807) is 0 Å². The molecule has 0 aliphatic heterocycles. The third-order valence-corrected chi connectivity index (χ3v) is 17.8. The summed E-state index contributed by atoms with van der Waals surface area (Å²) >= 11 is 11.5. The molecule has 12 aromatic rings. The lowest BCUT2D eigenvalue weighted by Crippen LogP contribution is -2.15. The summed E-state index contributed by atoms with van der Waals surface area (Å²) in [6, 6.07) is 54.1. The summed E-state index contributed by atoms with van der Waals surface area (Å²) in [6.07, 6.45) is 6.73. The quantitative estimate of drug-likeness (QED) is 0.0673. The molecular weight excluding hydrogens is 1130 g/mol. The van der Waals surface area contributed by atoms with E-state index in [9.17, 15) is 19.2 Å². The summed E-state index contributed by atoms with van der Waals surface area (Å²) in [5, 5.41) is 9.77. The van der Waals surface area contributed by atoms with Crippen LogP contribution in [0.1, 0.15) is 97.5 Å². The number of benzene rings is 8. The summed E-state index contributed by atoms with van der Waals surface area (Å²) in [7, 11) is 12.6. The molecule has 8 aromatic carbocycles. The van der Waals surface area contributed by atoms with Gasteiger partial charge in [-0.2, -0.15) is 0 Å². The van der Waals surface area contributed by atoms with E-state index in [-0.39, 0.29) is 23.1 Å². The maximum Gasteiger partial charge on any atom is 0.164 e. The number of fused-ring (bicyclic) bond motifs is 16. The molecule has 88 heavy (non-hydrogen) atoms.